The third kappa shape index (κ3) is 4.01. The number of rotatable bonds is 6. The van der Waals surface area contributed by atoms with E-state index in [9.17, 15) is 4.79 Å². The third-order valence-corrected chi connectivity index (χ3v) is 3.93. The fourth-order valence-electron chi connectivity index (χ4n) is 1.93. The van der Waals surface area contributed by atoms with E-state index >= 15 is 0 Å². The molecule has 0 saturated heterocycles. The van der Waals surface area contributed by atoms with E-state index in [2.05, 4.69) is 15.3 Å². The molecule has 0 radical (unpaired) electrons. The van der Waals surface area contributed by atoms with Gasteiger partial charge in [0, 0.05) is 18.8 Å². The number of pyridine rings is 1. The molecule has 7 heteroatoms. The van der Waals surface area contributed by atoms with Gasteiger partial charge < -0.3 is 14.5 Å². The maximum atomic E-state index is 11.9. The number of hydrogen-bond acceptors (Lipinski definition) is 6. The third-order valence-electron chi connectivity index (χ3n) is 3.10. The quantitative estimate of drug-likeness (QED) is 0.701. The van der Waals surface area contributed by atoms with Gasteiger partial charge in [-0.3, -0.25) is 4.79 Å². The lowest BCUT2D eigenvalue weighted by molar-refractivity contribution is -0.118. The summed E-state index contributed by atoms with van der Waals surface area (Å²) in [6.45, 7) is 0.421. The first kappa shape index (κ1) is 15.4. The Morgan fingerprint density at radius 2 is 2.17 bits per heavy atom. The number of carbonyl (C=O) groups is 1. The zero-order valence-electron chi connectivity index (χ0n) is 12.5. The Morgan fingerprint density at radius 3 is 2.91 bits per heavy atom. The van der Waals surface area contributed by atoms with Gasteiger partial charge >= 0.3 is 0 Å². The molecular formula is C16H15N3O3S. The first-order valence-corrected chi connectivity index (χ1v) is 7.97. The number of nitrogens with zero attached hydrogens (tertiary/aromatic N) is 2. The van der Waals surface area contributed by atoms with Gasteiger partial charge in [-0.1, -0.05) is 30.0 Å². The largest absolute Gasteiger partial charge is 0.481 e. The number of aromatic nitrogens is 2. The molecule has 0 bridgehead atoms. The summed E-state index contributed by atoms with van der Waals surface area (Å²) in [5.74, 6) is 0.704. The zero-order valence-corrected chi connectivity index (χ0v) is 13.3. The first-order valence-electron chi connectivity index (χ1n) is 6.98. The number of ether oxygens (including phenoxy) is 1. The molecular weight excluding hydrogens is 314 g/mol. The molecule has 0 saturated carbocycles. The first-order chi connectivity index (χ1) is 11.2. The van der Waals surface area contributed by atoms with Gasteiger partial charge in [0.1, 0.15) is 5.52 Å². The topological polar surface area (TPSA) is 77.2 Å². The summed E-state index contributed by atoms with van der Waals surface area (Å²) in [6.07, 6.45) is 1.67. The average molecular weight is 329 g/mol. The number of methoxy groups -OCH3 is 1. The van der Waals surface area contributed by atoms with Crippen LogP contribution in [0.2, 0.25) is 0 Å². The summed E-state index contributed by atoms with van der Waals surface area (Å²) in [5, 5.41) is 3.32. The van der Waals surface area contributed by atoms with Crippen molar-refractivity contribution < 1.29 is 13.9 Å². The summed E-state index contributed by atoms with van der Waals surface area (Å²) in [4.78, 5) is 20.3. The number of nitrogens with one attached hydrogen (secondary N) is 1. The van der Waals surface area contributed by atoms with Gasteiger partial charge in [0.25, 0.3) is 5.22 Å². The van der Waals surface area contributed by atoms with E-state index in [1.807, 2.05) is 30.3 Å². The molecule has 1 N–H and O–H groups in total. The number of amides is 1. The van der Waals surface area contributed by atoms with E-state index in [0.29, 0.717) is 17.6 Å². The van der Waals surface area contributed by atoms with Crippen LogP contribution < -0.4 is 10.1 Å². The lowest BCUT2D eigenvalue weighted by Crippen LogP contribution is -2.24. The Kier molecular flexibility index (Phi) is 4.77. The molecule has 2 heterocycles. The van der Waals surface area contributed by atoms with Crippen LogP contribution in [0.4, 0.5) is 0 Å². The maximum Gasteiger partial charge on any atom is 0.257 e. The molecule has 3 aromatic rings. The monoisotopic (exact) mass is 329 g/mol. The van der Waals surface area contributed by atoms with Crippen LogP contribution in [-0.4, -0.2) is 28.7 Å². The normalized spacial score (nSPS) is 10.7. The number of para-hydroxylation sites is 2. The number of thioether (sulfide) groups is 1. The Balaban J connectivity index is 1.49. The van der Waals surface area contributed by atoms with Crippen LogP contribution in [0.5, 0.6) is 5.88 Å². The van der Waals surface area contributed by atoms with E-state index in [1.165, 1.54) is 11.8 Å². The van der Waals surface area contributed by atoms with Gasteiger partial charge in [0.15, 0.2) is 5.58 Å². The molecule has 118 valence electrons. The van der Waals surface area contributed by atoms with Crippen LogP contribution in [0.3, 0.4) is 0 Å². The second-order valence-electron chi connectivity index (χ2n) is 4.72. The van der Waals surface area contributed by atoms with Crippen LogP contribution in [0.1, 0.15) is 5.56 Å². The summed E-state index contributed by atoms with van der Waals surface area (Å²) in [7, 11) is 1.56. The van der Waals surface area contributed by atoms with Gasteiger partial charge in [0.05, 0.1) is 12.9 Å². The lowest BCUT2D eigenvalue weighted by Gasteiger charge is -2.04. The number of fused-ring (bicyclic) bond motifs is 1. The Labute approximate surface area is 137 Å². The van der Waals surface area contributed by atoms with Crippen LogP contribution >= 0.6 is 11.8 Å². The van der Waals surface area contributed by atoms with Gasteiger partial charge in [0.2, 0.25) is 11.8 Å². The molecule has 1 amide bonds. The van der Waals surface area contributed by atoms with Crippen molar-refractivity contribution >= 4 is 28.8 Å². The molecule has 0 fully saturated rings. The molecule has 23 heavy (non-hydrogen) atoms. The van der Waals surface area contributed by atoms with Crippen LogP contribution in [0.25, 0.3) is 11.1 Å². The lowest BCUT2D eigenvalue weighted by atomic mass is 10.3. The molecule has 3 rings (SSSR count). The van der Waals surface area contributed by atoms with Crippen LogP contribution in [0.15, 0.2) is 52.2 Å². The molecule has 2 aromatic heterocycles. The van der Waals surface area contributed by atoms with E-state index in [1.54, 1.807) is 19.4 Å². The molecule has 0 spiro atoms. The molecule has 0 aliphatic heterocycles. The van der Waals surface area contributed by atoms with Crippen LogP contribution in [0, 0.1) is 0 Å². The number of hydrogen-bond donors (Lipinski definition) is 1. The summed E-state index contributed by atoms with van der Waals surface area (Å²) >= 11 is 1.27. The highest BCUT2D eigenvalue weighted by molar-refractivity contribution is 7.99. The number of carbonyl (C=O) groups excluding carboxylic acids is 1. The Morgan fingerprint density at radius 1 is 1.30 bits per heavy atom. The van der Waals surface area contributed by atoms with Gasteiger partial charge in [-0.25, -0.2) is 9.97 Å². The van der Waals surface area contributed by atoms with Crippen molar-refractivity contribution in [2.75, 3.05) is 12.9 Å². The SMILES string of the molecule is COc1ccc(CNC(=O)CSc2nc3ccccc3o2)cn1. The highest BCUT2D eigenvalue weighted by Gasteiger charge is 2.09. The summed E-state index contributed by atoms with van der Waals surface area (Å²) in [5.41, 5.74) is 2.42. The molecule has 6 nitrogen and oxygen atoms in total. The minimum absolute atomic E-state index is 0.0897. The minimum Gasteiger partial charge on any atom is -0.481 e. The van der Waals surface area contributed by atoms with Crippen molar-refractivity contribution in [3.63, 3.8) is 0 Å². The molecule has 0 aliphatic rings. The molecule has 0 unspecified atom stereocenters. The molecule has 1 aromatic carbocycles. The Bertz CT molecular complexity index is 769. The summed E-state index contributed by atoms with van der Waals surface area (Å²) < 4.78 is 10.5. The van der Waals surface area contributed by atoms with Gasteiger partial charge in [-0.05, 0) is 17.7 Å². The average Bonchev–Trinajstić information content (AvgIpc) is 3.01. The molecule has 0 aliphatic carbocycles. The van der Waals surface area contributed by atoms with Gasteiger partial charge in [-0.2, -0.15) is 0 Å². The van der Waals surface area contributed by atoms with Gasteiger partial charge in [-0.15, -0.1) is 0 Å². The van der Waals surface area contributed by atoms with Crippen LogP contribution in [-0.2, 0) is 11.3 Å². The standard InChI is InChI=1S/C16H15N3O3S/c1-21-15-7-6-11(9-18-15)8-17-14(20)10-23-16-19-12-4-2-3-5-13(12)22-16/h2-7,9H,8,10H2,1H3,(H,17,20). The zero-order chi connectivity index (χ0) is 16.1. The predicted molar refractivity (Wildman–Crippen MR) is 87.4 cm³/mol. The fourth-order valence-corrected chi connectivity index (χ4v) is 2.60. The second-order valence-corrected chi connectivity index (χ2v) is 5.65. The predicted octanol–water partition coefficient (Wildman–Crippen LogP) is 2.64. The second kappa shape index (κ2) is 7.15. The van der Waals surface area contributed by atoms with E-state index in [-0.39, 0.29) is 11.7 Å². The Hall–Kier alpha value is -2.54. The minimum atomic E-state index is -0.0897. The van der Waals surface area contributed by atoms with E-state index < -0.39 is 0 Å². The van der Waals surface area contributed by atoms with Crippen molar-refractivity contribution in [2.24, 2.45) is 0 Å². The van der Waals surface area contributed by atoms with Crippen molar-refractivity contribution in [1.82, 2.24) is 15.3 Å². The van der Waals surface area contributed by atoms with E-state index in [4.69, 9.17) is 9.15 Å². The highest BCUT2D eigenvalue weighted by atomic mass is 32.2. The van der Waals surface area contributed by atoms with Crippen molar-refractivity contribution in [2.45, 2.75) is 11.8 Å². The molecule has 0 atom stereocenters. The summed E-state index contributed by atoms with van der Waals surface area (Å²) in [6, 6.07) is 11.1. The van der Waals surface area contributed by atoms with Crippen molar-refractivity contribution in [1.29, 1.82) is 0 Å². The smallest absolute Gasteiger partial charge is 0.257 e. The van der Waals surface area contributed by atoms with Crippen molar-refractivity contribution in [3.05, 3.63) is 48.2 Å². The number of benzene rings is 1. The fraction of sp³-hybridized carbons (Fsp3) is 0.188. The van der Waals surface area contributed by atoms with E-state index in [0.717, 1.165) is 16.7 Å². The number of oxazole rings is 1. The highest BCUT2D eigenvalue weighted by Crippen LogP contribution is 2.22. The maximum absolute atomic E-state index is 11.9. The van der Waals surface area contributed by atoms with Crippen molar-refractivity contribution in [3.8, 4) is 5.88 Å².